The van der Waals surface area contributed by atoms with Gasteiger partial charge in [-0.15, -0.1) is 0 Å². The van der Waals surface area contributed by atoms with Gasteiger partial charge in [0.05, 0.1) is 11.1 Å². The quantitative estimate of drug-likeness (QED) is 0.628. The molecule has 0 fully saturated rings. The largest absolute Gasteiger partial charge is 0.386 e. The third-order valence-corrected chi connectivity index (χ3v) is 3.34. The molecule has 0 radical (unpaired) electrons. The average molecular weight is 282 g/mol. The Morgan fingerprint density at radius 1 is 0.952 bits per heavy atom. The summed E-state index contributed by atoms with van der Waals surface area (Å²) in [7, 11) is 0. The van der Waals surface area contributed by atoms with Crippen molar-refractivity contribution in [2.45, 2.75) is 26.7 Å². The minimum Gasteiger partial charge on any atom is -0.386 e. The summed E-state index contributed by atoms with van der Waals surface area (Å²) in [5.74, 6) is -0.930. The number of hydrogen-bond donors (Lipinski definition) is 0. The van der Waals surface area contributed by atoms with E-state index in [1.165, 1.54) is 0 Å². The molecule has 0 amide bonds. The Bertz CT molecular complexity index is 657. The summed E-state index contributed by atoms with van der Waals surface area (Å²) >= 11 is 0. The van der Waals surface area contributed by atoms with Crippen molar-refractivity contribution in [2.24, 2.45) is 0 Å². The molecule has 0 saturated heterocycles. The molecule has 0 unspecified atom stereocenters. The van der Waals surface area contributed by atoms with E-state index in [9.17, 15) is 9.59 Å². The van der Waals surface area contributed by atoms with Gasteiger partial charge < -0.3 is 4.74 Å². The normalized spacial score (nSPS) is 10.5. The molecule has 0 bridgehead atoms. The lowest BCUT2D eigenvalue weighted by Crippen LogP contribution is -2.14. The van der Waals surface area contributed by atoms with Crippen LogP contribution in [0, 0.1) is 6.92 Å². The van der Waals surface area contributed by atoms with E-state index in [2.05, 4.69) is 13.8 Å². The molecule has 0 N–H and O–H groups in total. The summed E-state index contributed by atoms with van der Waals surface area (Å²) in [6.07, 6.45) is 0. The molecule has 0 spiro atoms. The van der Waals surface area contributed by atoms with E-state index >= 15 is 0 Å². The van der Waals surface area contributed by atoms with Crippen LogP contribution in [-0.2, 0) is 4.74 Å². The van der Waals surface area contributed by atoms with Crippen molar-refractivity contribution < 1.29 is 14.3 Å². The third-order valence-electron chi connectivity index (χ3n) is 3.34. The van der Waals surface area contributed by atoms with E-state index in [0.29, 0.717) is 17.0 Å². The monoisotopic (exact) mass is 282 g/mol. The van der Waals surface area contributed by atoms with Crippen LogP contribution < -0.4 is 0 Å². The van der Waals surface area contributed by atoms with Gasteiger partial charge >= 0.3 is 11.9 Å². The number of esters is 2. The molecule has 0 aliphatic heterocycles. The summed E-state index contributed by atoms with van der Waals surface area (Å²) in [6, 6.07) is 14.1. The van der Waals surface area contributed by atoms with Gasteiger partial charge in [-0.25, -0.2) is 9.59 Å². The van der Waals surface area contributed by atoms with Gasteiger partial charge in [0, 0.05) is 0 Å². The first-order valence-electron chi connectivity index (χ1n) is 6.91. The molecule has 0 aliphatic rings. The minimum atomic E-state index is -0.630. The molecule has 0 saturated carbocycles. The Hall–Kier alpha value is -2.42. The van der Waals surface area contributed by atoms with Gasteiger partial charge in [-0.05, 0) is 42.2 Å². The van der Waals surface area contributed by atoms with Crippen LogP contribution in [0.3, 0.4) is 0 Å². The summed E-state index contributed by atoms with van der Waals surface area (Å²) in [6.45, 7) is 5.93. The second kappa shape index (κ2) is 6.35. The van der Waals surface area contributed by atoms with Gasteiger partial charge in [0.15, 0.2) is 0 Å². The fraction of sp³-hybridized carbons (Fsp3) is 0.222. The van der Waals surface area contributed by atoms with Gasteiger partial charge in [-0.3, -0.25) is 0 Å². The molecule has 0 aromatic heterocycles. The smallest absolute Gasteiger partial charge is 0.346 e. The number of benzene rings is 2. The highest BCUT2D eigenvalue weighted by atomic mass is 16.6. The van der Waals surface area contributed by atoms with Crippen LogP contribution in [0.1, 0.15) is 51.6 Å². The van der Waals surface area contributed by atoms with Crippen molar-refractivity contribution in [3.63, 3.8) is 0 Å². The van der Waals surface area contributed by atoms with Crippen molar-refractivity contribution >= 4 is 11.9 Å². The number of carbonyl (C=O) groups excluding carboxylic acids is 2. The molecular weight excluding hydrogens is 264 g/mol. The zero-order chi connectivity index (χ0) is 15.4. The zero-order valence-corrected chi connectivity index (χ0v) is 12.4. The summed E-state index contributed by atoms with van der Waals surface area (Å²) in [4.78, 5) is 24.1. The molecule has 2 aromatic rings. The van der Waals surface area contributed by atoms with Gasteiger partial charge in [0.1, 0.15) is 0 Å². The van der Waals surface area contributed by atoms with Crippen molar-refractivity contribution in [3.8, 4) is 0 Å². The highest BCUT2D eigenvalue weighted by molar-refractivity contribution is 6.03. The SMILES string of the molecule is Cc1ccc(C(C)C)cc1C(=O)OC(=O)c1ccccc1. The maximum atomic E-state index is 12.2. The molecule has 21 heavy (non-hydrogen) atoms. The van der Waals surface area contributed by atoms with Crippen LogP contribution in [-0.4, -0.2) is 11.9 Å². The number of hydrogen-bond acceptors (Lipinski definition) is 3. The van der Waals surface area contributed by atoms with Crippen LogP contribution in [0.4, 0.5) is 0 Å². The number of carbonyl (C=O) groups is 2. The van der Waals surface area contributed by atoms with Gasteiger partial charge in [-0.1, -0.05) is 44.2 Å². The predicted molar refractivity (Wildman–Crippen MR) is 81.5 cm³/mol. The zero-order valence-electron chi connectivity index (χ0n) is 12.4. The standard InChI is InChI=1S/C18H18O3/c1-12(2)15-10-9-13(3)16(11-15)18(20)21-17(19)14-7-5-4-6-8-14/h4-12H,1-3H3. The van der Waals surface area contributed by atoms with Gasteiger partial charge in [-0.2, -0.15) is 0 Å². The Morgan fingerprint density at radius 2 is 1.62 bits per heavy atom. The molecule has 0 atom stereocenters. The molecule has 108 valence electrons. The molecule has 3 heteroatoms. The minimum absolute atomic E-state index is 0.307. The fourth-order valence-corrected chi connectivity index (χ4v) is 1.99. The Morgan fingerprint density at radius 3 is 2.24 bits per heavy atom. The second-order valence-corrected chi connectivity index (χ2v) is 5.27. The number of aryl methyl sites for hydroxylation is 1. The summed E-state index contributed by atoms with van der Waals surface area (Å²) < 4.78 is 4.96. The number of rotatable bonds is 3. The first-order chi connectivity index (χ1) is 9.99. The third kappa shape index (κ3) is 3.57. The first kappa shape index (κ1) is 15.0. The lowest BCUT2D eigenvalue weighted by atomic mass is 9.98. The Labute approximate surface area is 124 Å². The summed E-state index contributed by atoms with van der Waals surface area (Å²) in [5, 5.41) is 0. The van der Waals surface area contributed by atoms with E-state index in [-0.39, 0.29) is 0 Å². The first-order valence-corrected chi connectivity index (χ1v) is 6.91. The van der Waals surface area contributed by atoms with Crippen molar-refractivity contribution in [2.75, 3.05) is 0 Å². The molecule has 2 rings (SSSR count). The van der Waals surface area contributed by atoms with Crippen molar-refractivity contribution in [1.82, 2.24) is 0 Å². The van der Waals surface area contributed by atoms with E-state index in [1.54, 1.807) is 36.4 Å². The predicted octanol–water partition coefficient (Wildman–Crippen LogP) is 4.12. The second-order valence-electron chi connectivity index (χ2n) is 5.27. The molecule has 2 aromatic carbocycles. The maximum absolute atomic E-state index is 12.2. The van der Waals surface area contributed by atoms with Crippen LogP contribution in [0.15, 0.2) is 48.5 Å². The molecular formula is C18H18O3. The van der Waals surface area contributed by atoms with Crippen LogP contribution >= 0.6 is 0 Å². The van der Waals surface area contributed by atoms with Crippen molar-refractivity contribution in [1.29, 1.82) is 0 Å². The molecule has 0 heterocycles. The summed E-state index contributed by atoms with van der Waals surface area (Å²) in [5.41, 5.74) is 2.64. The number of ether oxygens (including phenoxy) is 1. The average Bonchev–Trinajstić information content (AvgIpc) is 2.48. The lowest BCUT2D eigenvalue weighted by Gasteiger charge is -2.10. The van der Waals surface area contributed by atoms with E-state index in [0.717, 1.165) is 11.1 Å². The maximum Gasteiger partial charge on any atom is 0.346 e. The van der Waals surface area contributed by atoms with Crippen molar-refractivity contribution in [3.05, 3.63) is 70.8 Å². The highest BCUT2D eigenvalue weighted by Crippen LogP contribution is 2.19. The lowest BCUT2D eigenvalue weighted by molar-refractivity contribution is 0.0397. The molecule has 0 aliphatic carbocycles. The topological polar surface area (TPSA) is 43.4 Å². The Kier molecular flexibility index (Phi) is 4.53. The molecule has 3 nitrogen and oxygen atoms in total. The van der Waals surface area contributed by atoms with Crippen LogP contribution in [0.5, 0.6) is 0 Å². The van der Waals surface area contributed by atoms with Crippen LogP contribution in [0.25, 0.3) is 0 Å². The van der Waals surface area contributed by atoms with E-state index in [4.69, 9.17) is 4.74 Å². The van der Waals surface area contributed by atoms with Crippen LogP contribution in [0.2, 0.25) is 0 Å². The van der Waals surface area contributed by atoms with Gasteiger partial charge in [0.25, 0.3) is 0 Å². The van der Waals surface area contributed by atoms with E-state index < -0.39 is 11.9 Å². The van der Waals surface area contributed by atoms with Gasteiger partial charge in [0.2, 0.25) is 0 Å². The fourth-order valence-electron chi connectivity index (χ4n) is 1.99. The van der Waals surface area contributed by atoms with E-state index in [1.807, 2.05) is 19.1 Å². The Balaban J connectivity index is 2.21. The highest BCUT2D eigenvalue weighted by Gasteiger charge is 2.17.